The van der Waals surface area contributed by atoms with Gasteiger partial charge in [-0.25, -0.2) is 0 Å². The van der Waals surface area contributed by atoms with Crippen molar-refractivity contribution in [2.75, 3.05) is 0 Å². The molecule has 2 heterocycles. The molecule has 0 amide bonds. The predicted molar refractivity (Wildman–Crippen MR) is 257 cm³/mol. The standard InChI is InChI=1S/C60H51NO/c1-59-20-22-60(2,23-21-59)58(62)49-34-53-47(33-51(49)59)48-31-43(32-50-56-52(61(53)57(48)50)19-18-44-41-25-35-24-36(26-41)28-42(27-35)55(44)56)54-45(38-14-8-4-9-15-38)29-40(37-12-6-3-7-13-37)30-46(54)39-16-10-5-11-17-39/h3-19,29-36,41-42H,20-28H2,1-2H3. The Morgan fingerprint density at radius 2 is 1.06 bits per heavy atom. The molecule has 0 N–H and O–H groups in total. The summed E-state index contributed by atoms with van der Waals surface area (Å²) in [4.78, 5) is 14.8. The van der Waals surface area contributed by atoms with Gasteiger partial charge < -0.3 is 4.40 Å². The van der Waals surface area contributed by atoms with E-state index in [0.717, 1.165) is 43.1 Å². The van der Waals surface area contributed by atoms with Gasteiger partial charge in [-0.05, 0) is 191 Å². The molecule has 16 rings (SSSR count). The third-order valence-corrected chi connectivity index (χ3v) is 17.4. The lowest BCUT2D eigenvalue weighted by molar-refractivity contribution is 0.0732. The van der Waals surface area contributed by atoms with E-state index in [9.17, 15) is 4.79 Å². The van der Waals surface area contributed by atoms with Gasteiger partial charge in [0, 0.05) is 32.5 Å². The number of carbonyl (C=O) groups is 1. The predicted octanol–water partition coefficient (Wildman–Crippen LogP) is 15.9. The molecule has 7 aromatic carbocycles. The number of benzene rings is 7. The fourth-order valence-corrected chi connectivity index (χ4v) is 14.3. The smallest absolute Gasteiger partial charge is 0.169 e. The Bertz CT molecular complexity index is 3250. The number of aromatic nitrogens is 1. The first-order valence-electron chi connectivity index (χ1n) is 23.6. The Morgan fingerprint density at radius 1 is 0.484 bits per heavy atom. The second-order valence-corrected chi connectivity index (χ2v) is 20.9. The van der Waals surface area contributed by atoms with E-state index in [1.165, 1.54) is 120 Å². The molecule has 0 radical (unpaired) electrons. The van der Waals surface area contributed by atoms with E-state index < -0.39 is 0 Å². The van der Waals surface area contributed by atoms with Crippen molar-refractivity contribution in [1.29, 1.82) is 0 Å². The van der Waals surface area contributed by atoms with Crippen LogP contribution in [0.1, 0.15) is 111 Å². The van der Waals surface area contributed by atoms with E-state index in [1.54, 1.807) is 11.1 Å². The highest BCUT2D eigenvalue weighted by molar-refractivity contribution is 6.26. The molecule has 2 aromatic heterocycles. The topological polar surface area (TPSA) is 21.5 Å². The van der Waals surface area contributed by atoms with Crippen molar-refractivity contribution >= 4 is 43.9 Å². The molecule has 2 nitrogen and oxygen atoms in total. The lowest BCUT2D eigenvalue weighted by Gasteiger charge is -2.38. The Kier molecular flexibility index (Phi) is 7.21. The van der Waals surface area contributed by atoms with Crippen LogP contribution < -0.4 is 0 Å². The van der Waals surface area contributed by atoms with Crippen molar-refractivity contribution in [1.82, 2.24) is 4.40 Å². The highest BCUT2D eigenvalue weighted by atomic mass is 16.1. The summed E-state index contributed by atoms with van der Waals surface area (Å²) in [6.07, 6.45) is 10.9. The van der Waals surface area contributed by atoms with Gasteiger partial charge in [0.05, 0.1) is 16.6 Å². The maximum Gasteiger partial charge on any atom is 0.169 e. The van der Waals surface area contributed by atoms with Crippen molar-refractivity contribution in [2.45, 2.75) is 88.9 Å². The minimum Gasteiger partial charge on any atom is -0.308 e. The molecule has 6 bridgehead atoms. The van der Waals surface area contributed by atoms with Crippen molar-refractivity contribution in [3.8, 4) is 44.5 Å². The number of carbonyl (C=O) groups excluding carboxylic acids is 1. The van der Waals surface area contributed by atoms with Gasteiger partial charge in [0.15, 0.2) is 5.78 Å². The number of Topliss-reactive ketones (excluding diaryl/α,β-unsaturated/α-hetero) is 1. The summed E-state index contributed by atoms with van der Waals surface area (Å²) in [5, 5.41) is 5.46. The average Bonchev–Trinajstić information content (AvgIpc) is 3.71. The van der Waals surface area contributed by atoms with Crippen molar-refractivity contribution in [3.05, 3.63) is 162 Å². The van der Waals surface area contributed by atoms with Crippen LogP contribution in [-0.4, -0.2) is 10.2 Å². The van der Waals surface area contributed by atoms with Crippen molar-refractivity contribution < 1.29 is 4.79 Å². The molecule has 9 aromatic rings. The lowest BCUT2D eigenvalue weighted by Crippen LogP contribution is -2.33. The molecule has 302 valence electrons. The van der Waals surface area contributed by atoms with Gasteiger partial charge in [-0.1, -0.05) is 111 Å². The zero-order valence-corrected chi connectivity index (χ0v) is 35.8. The second kappa shape index (κ2) is 12.6. The van der Waals surface area contributed by atoms with Gasteiger partial charge >= 0.3 is 0 Å². The third kappa shape index (κ3) is 4.84. The van der Waals surface area contributed by atoms with Gasteiger partial charge in [0.25, 0.3) is 0 Å². The minimum absolute atomic E-state index is 0.00401. The summed E-state index contributed by atoms with van der Waals surface area (Å²) < 4.78 is 2.61. The van der Waals surface area contributed by atoms with Crippen LogP contribution in [0.5, 0.6) is 0 Å². The molecular formula is C60H51NO. The molecule has 0 spiro atoms. The van der Waals surface area contributed by atoms with Crippen LogP contribution in [0.3, 0.4) is 0 Å². The summed E-state index contributed by atoms with van der Waals surface area (Å²) in [5.74, 6) is 3.31. The number of ketones is 1. The zero-order chi connectivity index (χ0) is 41.1. The van der Waals surface area contributed by atoms with Crippen LogP contribution in [-0.2, 0) is 5.41 Å². The molecule has 0 aliphatic heterocycles. The Morgan fingerprint density at radius 3 is 1.71 bits per heavy atom. The number of hydrogen-bond acceptors (Lipinski definition) is 1. The monoisotopic (exact) mass is 801 g/mol. The molecule has 3 saturated carbocycles. The van der Waals surface area contributed by atoms with Gasteiger partial charge in [0.1, 0.15) is 0 Å². The number of fused-ring (bicyclic) bond motifs is 8. The quantitative estimate of drug-likeness (QED) is 0.174. The number of hydrogen-bond donors (Lipinski definition) is 0. The van der Waals surface area contributed by atoms with E-state index in [-0.39, 0.29) is 10.8 Å². The molecule has 2 heteroatoms. The molecule has 62 heavy (non-hydrogen) atoms. The van der Waals surface area contributed by atoms with Crippen LogP contribution >= 0.6 is 0 Å². The molecule has 2 unspecified atom stereocenters. The van der Waals surface area contributed by atoms with E-state index in [0.29, 0.717) is 17.6 Å². The Hall–Kier alpha value is -5.99. The molecule has 3 fully saturated rings. The van der Waals surface area contributed by atoms with Gasteiger partial charge in [-0.2, -0.15) is 0 Å². The van der Waals surface area contributed by atoms with E-state index in [1.807, 2.05) is 0 Å². The van der Waals surface area contributed by atoms with Crippen LogP contribution in [0.25, 0.3) is 82.6 Å². The minimum atomic E-state index is -0.283. The van der Waals surface area contributed by atoms with Gasteiger partial charge in [-0.15, -0.1) is 0 Å². The van der Waals surface area contributed by atoms with Crippen LogP contribution in [0.4, 0.5) is 0 Å². The number of rotatable bonds is 4. The van der Waals surface area contributed by atoms with Crippen molar-refractivity contribution in [3.63, 3.8) is 0 Å². The first kappa shape index (κ1) is 35.6. The van der Waals surface area contributed by atoms with E-state index in [4.69, 9.17) is 0 Å². The fraction of sp³-hybridized carbons (Fsp3) is 0.283. The highest BCUT2D eigenvalue weighted by Gasteiger charge is 2.49. The molecule has 7 aliphatic rings. The van der Waals surface area contributed by atoms with E-state index >= 15 is 0 Å². The molecule has 0 saturated heterocycles. The van der Waals surface area contributed by atoms with Crippen LogP contribution in [0, 0.1) is 17.3 Å². The van der Waals surface area contributed by atoms with E-state index in [2.05, 4.69) is 158 Å². The maximum atomic E-state index is 14.8. The summed E-state index contributed by atoms with van der Waals surface area (Å²) in [5.41, 5.74) is 19.0. The van der Waals surface area contributed by atoms with Gasteiger partial charge in [0.2, 0.25) is 0 Å². The fourth-order valence-electron chi connectivity index (χ4n) is 14.3. The maximum absolute atomic E-state index is 14.8. The summed E-state index contributed by atoms with van der Waals surface area (Å²) >= 11 is 0. The zero-order valence-electron chi connectivity index (χ0n) is 35.8. The third-order valence-electron chi connectivity index (χ3n) is 17.4. The lowest BCUT2D eigenvalue weighted by atomic mass is 9.65. The van der Waals surface area contributed by atoms with Crippen LogP contribution in [0.2, 0.25) is 0 Å². The Labute approximate surface area is 364 Å². The SMILES string of the molecule is CC12CCC(C)(CC1)c1cc3c4cc(-c5c(-c6ccccc6)cc(-c6ccccc6)cc5-c5ccccc5)cc5c6c7c(ccc6n(c3cc1C2=O)c45)C1CC2CC(C1)CC7C2. The average molecular weight is 802 g/mol. The number of nitrogens with zero attached hydrogens (tertiary/aromatic N) is 1. The largest absolute Gasteiger partial charge is 0.308 e. The summed E-state index contributed by atoms with van der Waals surface area (Å²) in [6, 6.07) is 52.9. The Balaban J connectivity index is 1.15. The first-order valence-corrected chi connectivity index (χ1v) is 23.6. The summed E-state index contributed by atoms with van der Waals surface area (Å²) in [7, 11) is 0. The normalized spacial score (nSPS) is 26.1. The van der Waals surface area contributed by atoms with Crippen molar-refractivity contribution in [2.24, 2.45) is 17.3 Å². The second-order valence-electron chi connectivity index (χ2n) is 20.9. The van der Waals surface area contributed by atoms with Crippen LogP contribution in [0.15, 0.2) is 140 Å². The van der Waals surface area contributed by atoms with Gasteiger partial charge in [-0.3, -0.25) is 4.79 Å². The molecular weight excluding hydrogens is 751 g/mol. The summed E-state index contributed by atoms with van der Waals surface area (Å²) in [6.45, 7) is 4.69. The molecule has 2 atom stereocenters. The highest BCUT2D eigenvalue weighted by Crippen LogP contribution is 2.60. The molecule has 7 aliphatic carbocycles. The first-order chi connectivity index (χ1) is 30.3.